The lowest BCUT2D eigenvalue weighted by Gasteiger charge is -2.10. The van der Waals surface area contributed by atoms with Crippen LogP contribution in [0.25, 0.3) is 5.57 Å². The molecule has 0 aliphatic carbocycles. The Labute approximate surface area is 107 Å². The van der Waals surface area contributed by atoms with E-state index in [1.54, 1.807) is 0 Å². The van der Waals surface area contributed by atoms with E-state index in [1.807, 2.05) is 43.3 Å². The Balaban J connectivity index is 2.02. The van der Waals surface area contributed by atoms with Gasteiger partial charge >= 0.3 is 0 Å². The number of hydrogen-bond acceptors (Lipinski definition) is 1. The zero-order chi connectivity index (χ0) is 13.0. The van der Waals surface area contributed by atoms with E-state index < -0.39 is 0 Å². The van der Waals surface area contributed by atoms with Gasteiger partial charge in [-0.05, 0) is 41.8 Å². The van der Waals surface area contributed by atoms with Gasteiger partial charge in [0.05, 0.1) is 0 Å². The number of anilines is 1. The summed E-state index contributed by atoms with van der Waals surface area (Å²) in [4.78, 5) is 0. The molecule has 1 nitrogen and oxygen atoms in total. The van der Waals surface area contributed by atoms with Gasteiger partial charge in [-0.2, -0.15) is 0 Å². The molecule has 0 unspecified atom stereocenters. The lowest BCUT2D eigenvalue weighted by atomic mass is 10.1. The Hall–Kier alpha value is -2.09. The van der Waals surface area contributed by atoms with Crippen LogP contribution in [0, 0.1) is 12.7 Å². The molecule has 0 radical (unpaired) electrons. The van der Waals surface area contributed by atoms with Crippen LogP contribution in [0.2, 0.25) is 0 Å². The maximum Gasteiger partial charge on any atom is 0.125 e. The number of aryl methyl sites for hydroxylation is 1. The van der Waals surface area contributed by atoms with Crippen LogP contribution in [0.4, 0.5) is 10.1 Å². The third kappa shape index (κ3) is 3.20. The molecule has 0 fully saturated rings. The molecule has 0 aliphatic rings. The maximum absolute atomic E-state index is 13.2. The van der Waals surface area contributed by atoms with Gasteiger partial charge in [0.1, 0.15) is 5.82 Å². The van der Waals surface area contributed by atoms with Gasteiger partial charge in [-0.3, -0.25) is 0 Å². The molecule has 2 rings (SSSR count). The van der Waals surface area contributed by atoms with E-state index in [0.29, 0.717) is 6.54 Å². The van der Waals surface area contributed by atoms with Gasteiger partial charge < -0.3 is 5.32 Å². The molecule has 0 aromatic heterocycles. The minimum atomic E-state index is -0.220. The first-order chi connectivity index (χ1) is 8.65. The van der Waals surface area contributed by atoms with Crippen LogP contribution in [-0.4, -0.2) is 6.54 Å². The van der Waals surface area contributed by atoms with Gasteiger partial charge in [-0.1, -0.05) is 36.9 Å². The van der Waals surface area contributed by atoms with E-state index in [-0.39, 0.29) is 5.82 Å². The fraction of sp³-hybridized carbons (Fsp3) is 0.125. The zero-order valence-corrected chi connectivity index (χ0v) is 10.4. The second-order valence-corrected chi connectivity index (χ2v) is 4.34. The standard InChI is InChI=1S/C16H16FN/c1-12-8-15(17)10-16(9-12)18-11-13(2)14-6-4-3-5-7-14/h3-10,18H,2,11H2,1H3. The summed E-state index contributed by atoms with van der Waals surface area (Å²) in [5, 5.41) is 3.19. The monoisotopic (exact) mass is 241 g/mol. The third-order valence-corrected chi connectivity index (χ3v) is 2.73. The molecular formula is C16H16FN. The lowest BCUT2D eigenvalue weighted by molar-refractivity contribution is 0.627. The number of hydrogen-bond donors (Lipinski definition) is 1. The van der Waals surface area contributed by atoms with E-state index in [9.17, 15) is 4.39 Å². The largest absolute Gasteiger partial charge is 0.381 e. The first kappa shape index (κ1) is 12.4. The van der Waals surface area contributed by atoms with Crippen molar-refractivity contribution in [2.24, 2.45) is 0 Å². The Kier molecular flexibility index (Phi) is 3.78. The predicted octanol–water partition coefficient (Wildman–Crippen LogP) is 4.26. The summed E-state index contributed by atoms with van der Waals surface area (Å²) in [5.74, 6) is -0.220. The van der Waals surface area contributed by atoms with Crippen molar-refractivity contribution < 1.29 is 4.39 Å². The van der Waals surface area contributed by atoms with Crippen LogP contribution in [0.5, 0.6) is 0 Å². The Morgan fingerprint density at radius 3 is 2.56 bits per heavy atom. The molecule has 92 valence electrons. The third-order valence-electron chi connectivity index (χ3n) is 2.73. The van der Waals surface area contributed by atoms with Crippen molar-refractivity contribution in [3.05, 3.63) is 72.1 Å². The van der Waals surface area contributed by atoms with Gasteiger partial charge in [-0.25, -0.2) is 4.39 Å². The maximum atomic E-state index is 13.2. The fourth-order valence-electron chi connectivity index (χ4n) is 1.82. The molecule has 0 saturated carbocycles. The van der Waals surface area contributed by atoms with Crippen molar-refractivity contribution in [2.45, 2.75) is 6.92 Å². The van der Waals surface area contributed by atoms with Crippen molar-refractivity contribution in [2.75, 3.05) is 11.9 Å². The lowest BCUT2D eigenvalue weighted by Crippen LogP contribution is -2.03. The highest BCUT2D eigenvalue weighted by molar-refractivity contribution is 5.67. The molecular weight excluding hydrogens is 225 g/mol. The molecule has 2 heteroatoms. The molecule has 2 aromatic carbocycles. The van der Waals surface area contributed by atoms with Crippen LogP contribution in [0.1, 0.15) is 11.1 Å². The van der Waals surface area contributed by atoms with Crippen molar-refractivity contribution in [1.29, 1.82) is 0 Å². The molecule has 0 heterocycles. The van der Waals surface area contributed by atoms with Crippen molar-refractivity contribution in [3.63, 3.8) is 0 Å². The average molecular weight is 241 g/mol. The van der Waals surface area contributed by atoms with Crippen LogP contribution in [-0.2, 0) is 0 Å². The fourth-order valence-corrected chi connectivity index (χ4v) is 1.82. The number of nitrogens with one attached hydrogen (secondary N) is 1. The van der Waals surface area contributed by atoms with Gasteiger partial charge in [-0.15, -0.1) is 0 Å². The van der Waals surface area contributed by atoms with E-state index in [4.69, 9.17) is 0 Å². The SMILES string of the molecule is C=C(CNc1cc(C)cc(F)c1)c1ccccc1. The zero-order valence-electron chi connectivity index (χ0n) is 10.4. The minimum Gasteiger partial charge on any atom is -0.381 e. The van der Waals surface area contributed by atoms with Gasteiger partial charge in [0, 0.05) is 12.2 Å². The summed E-state index contributed by atoms with van der Waals surface area (Å²) in [5.41, 5.74) is 3.77. The summed E-state index contributed by atoms with van der Waals surface area (Å²) < 4.78 is 13.2. The molecule has 0 atom stereocenters. The number of rotatable bonds is 4. The summed E-state index contributed by atoms with van der Waals surface area (Å²) in [6, 6.07) is 14.9. The quantitative estimate of drug-likeness (QED) is 0.843. The van der Waals surface area contributed by atoms with Crippen LogP contribution < -0.4 is 5.32 Å². The minimum absolute atomic E-state index is 0.220. The first-order valence-corrected chi connectivity index (χ1v) is 5.89. The van der Waals surface area contributed by atoms with Crippen LogP contribution in [0.3, 0.4) is 0 Å². The molecule has 0 bridgehead atoms. The number of halogens is 1. The summed E-state index contributed by atoms with van der Waals surface area (Å²) in [6.45, 7) is 6.51. The topological polar surface area (TPSA) is 12.0 Å². The summed E-state index contributed by atoms with van der Waals surface area (Å²) in [6.07, 6.45) is 0. The molecule has 18 heavy (non-hydrogen) atoms. The van der Waals surface area contributed by atoms with E-state index in [1.165, 1.54) is 12.1 Å². The molecule has 0 saturated heterocycles. The highest BCUT2D eigenvalue weighted by atomic mass is 19.1. The van der Waals surface area contributed by atoms with E-state index in [2.05, 4.69) is 11.9 Å². The van der Waals surface area contributed by atoms with Gasteiger partial charge in [0.25, 0.3) is 0 Å². The normalized spacial score (nSPS) is 10.1. The first-order valence-electron chi connectivity index (χ1n) is 5.89. The van der Waals surface area contributed by atoms with Gasteiger partial charge in [0.2, 0.25) is 0 Å². The van der Waals surface area contributed by atoms with Crippen LogP contribution >= 0.6 is 0 Å². The second kappa shape index (κ2) is 5.50. The van der Waals surface area contributed by atoms with E-state index >= 15 is 0 Å². The predicted molar refractivity (Wildman–Crippen MR) is 75.1 cm³/mol. The Morgan fingerprint density at radius 2 is 1.89 bits per heavy atom. The second-order valence-electron chi connectivity index (χ2n) is 4.34. The highest BCUT2D eigenvalue weighted by Crippen LogP contribution is 2.16. The number of benzene rings is 2. The van der Waals surface area contributed by atoms with Crippen molar-refractivity contribution in [3.8, 4) is 0 Å². The summed E-state index contributed by atoms with van der Waals surface area (Å²) >= 11 is 0. The van der Waals surface area contributed by atoms with Crippen molar-refractivity contribution in [1.82, 2.24) is 0 Å². The van der Waals surface area contributed by atoms with Gasteiger partial charge in [0.15, 0.2) is 0 Å². The van der Waals surface area contributed by atoms with Crippen LogP contribution in [0.15, 0.2) is 55.1 Å². The summed E-state index contributed by atoms with van der Waals surface area (Å²) in [7, 11) is 0. The molecule has 0 amide bonds. The van der Waals surface area contributed by atoms with Crippen molar-refractivity contribution >= 4 is 11.3 Å². The smallest absolute Gasteiger partial charge is 0.125 e. The molecule has 0 aliphatic heterocycles. The van der Waals surface area contributed by atoms with E-state index in [0.717, 1.165) is 22.4 Å². The molecule has 0 spiro atoms. The molecule has 1 N–H and O–H groups in total. The Bertz CT molecular complexity index is 526. The average Bonchev–Trinajstić information content (AvgIpc) is 2.36. The highest BCUT2D eigenvalue weighted by Gasteiger charge is 2.00. The molecule has 2 aromatic rings. The Morgan fingerprint density at radius 1 is 1.17 bits per heavy atom.